The summed E-state index contributed by atoms with van der Waals surface area (Å²) in [6.45, 7) is 5.31. The number of amides is 1. The fourth-order valence-corrected chi connectivity index (χ4v) is 1.86. The molecule has 2 aromatic rings. The van der Waals surface area contributed by atoms with Crippen LogP contribution >= 0.6 is 11.6 Å². The molecule has 0 aliphatic heterocycles. The first-order valence-electron chi connectivity index (χ1n) is 7.07. The highest BCUT2D eigenvalue weighted by atomic mass is 35.5. The lowest BCUT2D eigenvalue weighted by molar-refractivity contribution is 0.137. The monoisotopic (exact) mass is 322 g/mol. The summed E-state index contributed by atoms with van der Waals surface area (Å²) in [7, 11) is 0. The van der Waals surface area contributed by atoms with Crippen molar-refractivity contribution in [3.8, 4) is 0 Å². The maximum Gasteiger partial charge on any atom is 0.407 e. The van der Waals surface area contributed by atoms with Crippen molar-refractivity contribution < 1.29 is 9.53 Å². The molecule has 0 unspecified atom stereocenters. The Hall–Kier alpha value is -2.08. The quantitative estimate of drug-likeness (QED) is 0.888. The van der Waals surface area contributed by atoms with Crippen LogP contribution in [0.4, 0.5) is 4.79 Å². The Kier molecular flexibility index (Phi) is 5.77. The first kappa shape index (κ1) is 16.3. The first-order chi connectivity index (χ1) is 10.5. The summed E-state index contributed by atoms with van der Waals surface area (Å²) in [6, 6.07) is 7.52. The molecule has 6 nitrogen and oxygen atoms in total. The van der Waals surface area contributed by atoms with Crippen molar-refractivity contribution in [1.29, 1.82) is 0 Å². The molecule has 0 fully saturated rings. The summed E-state index contributed by atoms with van der Waals surface area (Å²) in [5.74, 6) is 0.382. The average molecular weight is 323 g/mol. The molecule has 22 heavy (non-hydrogen) atoms. The molecule has 0 aliphatic rings. The molecule has 1 amide bonds. The fourth-order valence-electron chi connectivity index (χ4n) is 1.74. The second kappa shape index (κ2) is 7.79. The topological polar surface area (TPSA) is 69.0 Å². The fraction of sp³-hybridized carbons (Fsp3) is 0.400. The van der Waals surface area contributed by atoms with Gasteiger partial charge in [-0.1, -0.05) is 42.8 Å². The molecule has 0 spiro atoms. The summed E-state index contributed by atoms with van der Waals surface area (Å²) < 4.78 is 6.76. The van der Waals surface area contributed by atoms with Crippen LogP contribution in [-0.4, -0.2) is 27.6 Å². The zero-order chi connectivity index (χ0) is 15.9. The SMILES string of the molecule is CC(C)CNC(=O)OCc1cn(Cc2ccc(Cl)cc2)nn1. The number of rotatable bonds is 6. The van der Waals surface area contributed by atoms with Gasteiger partial charge in [0.2, 0.25) is 0 Å². The van der Waals surface area contributed by atoms with Gasteiger partial charge in [0.1, 0.15) is 12.3 Å². The van der Waals surface area contributed by atoms with E-state index < -0.39 is 6.09 Å². The third kappa shape index (κ3) is 5.37. The lowest BCUT2D eigenvalue weighted by Crippen LogP contribution is -2.27. The van der Waals surface area contributed by atoms with Gasteiger partial charge in [0.25, 0.3) is 0 Å². The predicted molar refractivity (Wildman–Crippen MR) is 83.6 cm³/mol. The lowest BCUT2D eigenvalue weighted by Gasteiger charge is -2.07. The molecule has 0 radical (unpaired) electrons. The van der Waals surface area contributed by atoms with E-state index in [2.05, 4.69) is 15.6 Å². The zero-order valence-electron chi connectivity index (χ0n) is 12.6. The third-order valence-corrected chi connectivity index (χ3v) is 3.10. The van der Waals surface area contributed by atoms with E-state index in [-0.39, 0.29) is 6.61 Å². The summed E-state index contributed by atoms with van der Waals surface area (Å²) >= 11 is 5.85. The Labute approximate surface area is 134 Å². The van der Waals surface area contributed by atoms with Crippen LogP contribution in [0.3, 0.4) is 0 Å². The van der Waals surface area contributed by atoms with Crippen molar-refractivity contribution in [1.82, 2.24) is 20.3 Å². The van der Waals surface area contributed by atoms with E-state index in [1.54, 1.807) is 10.9 Å². The maximum absolute atomic E-state index is 11.4. The van der Waals surface area contributed by atoms with Gasteiger partial charge in [-0.2, -0.15) is 0 Å². The number of hydrogen-bond acceptors (Lipinski definition) is 4. The van der Waals surface area contributed by atoms with E-state index in [0.717, 1.165) is 5.56 Å². The van der Waals surface area contributed by atoms with E-state index in [9.17, 15) is 4.79 Å². The summed E-state index contributed by atoms with van der Waals surface area (Å²) in [4.78, 5) is 11.4. The summed E-state index contributed by atoms with van der Waals surface area (Å²) in [5, 5.41) is 11.4. The minimum Gasteiger partial charge on any atom is -0.443 e. The normalized spacial score (nSPS) is 10.7. The molecule has 0 bridgehead atoms. The molecule has 1 N–H and O–H groups in total. The van der Waals surface area contributed by atoms with Crippen molar-refractivity contribution in [2.75, 3.05) is 6.54 Å². The van der Waals surface area contributed by atoms with Gasteiger partial charge >= 0.3 is 6.09 Å². The highest BCUT2D eigenvalue weighted by molar-refractivity contribution is 6.30. The number of hydrogen-bond donors (Lipinski definition) is 1. The molecule has 7 heteroatoms. The molecule has 2 rings (SSSR count). The molecule has 1 aromatic heterocycles. The Morgan fingerprint density at radius 1 is 1.36 bits per heavy atom. The smallest absolute Gasteiger partial charge is 0.407 e. The van der Waals surface area contributed by atoms with Gasteiger partial charge in [-0.05, 0) is 23.6 Å². The van der Waals surface area contributed by atoms with Gasteiger partial charge in [-0.15, -0.1) is 5.10 Å². The number of carbonyl (C=O) groups is 1. The van der Waals surface area contributed by atoms with Crippen LogP contribution in [0.1, 0.15) is 25.1 Å². The summed E-state index contributed by atoms with van der Waals surface area (Å²) in [6.07, 6.45) is 1.31. The Balaban J connectivity index is 1.81. The number of halogens is 1. The van der Waals surface area contributed by atoms with Crippen molar-refractivity contribution in [2.45, 2.75) is 27.0 Å². The molecule has 0 atom stereocenters. The van der Waals surface area contributed by atoms with Crippen LogP contribution in [0.25, 0.3) is 0 Å². The van der Waals surface area contributed by atoms with Crippen LogP contribution in [0.2, 0.25) is 5.02 Å². The van der Waals surface area contributed by atoms with E-state index in [4.69, 9.17) is 16.3 Å². The van der Waals surface area contributed by atoms with Gasteiger partial charge in [0.15, 0.2) is 0 Å². The Bertz CT molecular complexity index is 610. The van der Waals surface area contributed by atoms with Crippen molar-refractivity contribution in [3.63, 3.8) is 0 Å². The van der Waals surface area contributed by atoms with Gasteiger partial charge < -0.3 is 10.1 Å². The van der Waals surface area contributed by atoms with Crippen LogP contribution in [0.5, 0.6) is 0 Å². The molecule has 118 valence electrons. The molecule has 0 saturated heterocycles. The Morgan fingerprint density at radius 3 is 2.77 bits per heavy atom. The average Bonchev–Trinajstić information content (AvgIpc) is 2.93. The zero-order valence-corrected chi connectivity index (χ0v) is 13.4. The van der Waals surface area contributed by atoms with Crippen molar-refractivity contribution >= 4 is 17.7 Å². The minimum absolute atomic E-state index is 0.102. The van der Waals surface area contributed by atoms with Gasteiger partial charge in [0, 0.05) is 11.6 Å². The largest absolute Gasteiger partial charge is 0.443 e. The summed E-state index contributed by atoms with van der Waals surface area (Å²) in [5.41, 5.74) is 1.67. The number of nitrogens with one attached hydrogen (secondary N) is 1. The molecule has 1 aromatic carbocycles. The second-order valence-corrected chi connectivity index (χ2v) is 5.82. The van der Waals surface area contributed by atoms with Crippen LogP contribution < -0.4 is 5.32 Å². The van der Waals surface area contributed by atoms with E-state index >= 15 is 0 Å². The number of ether oxygens (including phenoxy) is 1. The van der Waals surface area contributed by atoms with Crippen molar-refractivity contribution in [2.24, 2.45) is 5.92 Å². The van der Waals surface area contributed by atoms with Gasteiger partial charge in [-0.25, -0.2) is 9.48 Å². The molecule has 0 aliphatic carbocycles. The minimum atomic E-state index is -0.444. The molecule has 0 saturated carbocycles. The standard InChI is InChI=1S/C15H19ClN4O2/c1-11(2)7-17-15(21)22-10-14-9-20(19-18-14)8-12-3-5-13(16)6-4-12/h3-6,9,11H,7-8,10H2,1-2H3,(H,17,21). The number of aromatic nitrogens is 3. The highest BCUT2D eigenvalue weighted by Gasteiger charge is 2.06. The van der Waals surface area contributed by atoms with Crippen molar-refractivity contribution in [3.05, 3.63) is 46.7 Å². The first-order valence-corrected chi connectivity index (χ1v) is 7.45. The number of alkyl carbamates (subject to hydrolysis) is 1. The van der Waals surface area contributed by atoms with Crippen LogP contribution in [0.15, 0.2) is 30.5 Å². The highest BCUT2D eigenvalue weighted by Crippen LogP contribution is 2.10. The molecular weight excluding hydrogens is 304 g/mol. The van der Waals surface area contributed by atoms with Crippen LogP contribution in [-0.2, 0) is 17.9 Å². The number of benzene rings is 1. The maximum atomic E-state index is 11.4. The van der Waals surface area contributed by atoms with E-state index in [0.29, 0.717) is 29.7 Å². The third-order valence-electron chi connectivity index (χ3n) is 2.85. The molecule has 1 heterocycles. The van der Waals surface area contributed by atoms with Gasteiger partial charge in [-0.3, -0.25) is 0 Å². The van der Waals surface area contributed by atoms with Crippen LogP contribution in [0, 0.1) is 5.92 Å². The van der Waals surface area contributed by atoms with E-state index in [1.165, 1.54) is 0 Å². The lowest BCUT2D eigenvalue weighted by atomic mass is 10.2. The number of nitrogens with zero attached hydrogens (tertiary/aromatic N) is 3. The molecular formula is C15H19ClN4O2. The number of carbonyl (C=O) groups excluding carboxylic acids is 1. The predicted octanol–water partition coefficient (Wildman–Crippen LogP) is 2.86. The Morgan fingerprint density at radius 2 is 2.09 bits per heavy atom. The van der Waals surface area contributed by atoms with E-state index in [1.807, 2.05) is 38.1 Å². The van der Waals surface area contributed by atoms with Gasteiger partial charge in [0.05, 0.1) is 12.7 Å². The second-order valence-electron chi connectivity index (χ2n) is 5.38.